The molecule has 0 aliphatic heterocycles. The third kappa shape index (κ3) is 5.47. The van der Waals surface area contributed by atoms with Gasteiger partial charge in [0.15, 0.2) is 11.6 Å². The van der Waals surface area contributed by atoms with Gasteiger partial charge in [0.25, 0.3) is 0 Å². The minimum absolute atomic E-state index is 0.562. The van der Waals surface area contributed by atoms with E-state index in [4.69, 9.17) is 20.4 Å². The van der Waals surface area contributed by atoms with Gasteiger partial charge >= 0.3 is 0 Å². The first-order valence-corrected chi connectivity index (χ1v) is 5.81. The lowest BCUT2D eigenvalue weighted by Crippen LogP contribution is -2.30. The Morgan fingerprint density at radius 3 is 0.933 bits per heavy atom. The van der Waals surface area contributed by atoms with Crippen molar-refractivity contribution in [2.75, 3.05) is 0 Å². The molecule has 2 rings (SSSR count). The molecule has 15 heavy (non-hydrogen) atoms. The molecule has 4 nitrogen and oxygen atoms in total. The molecule has 2 fully saturated rings. The third-order valence-electron chi connectivity index (χ3n) is 3.06. The van der Waals surface area contributed by atoms with Crippen molar-refractivity contribution in [1.82, 2.24) is 0 Å². The van der Waals surface area contributed by atoms with Crippen molar-refractivity contribution in [3.05, 3.63) is 0 Å². The number of hydrogen-bond donors (Lipinski definition) is 4. The molecule has 0 aromatic heterocycles. The van der Waals surface area contributed by atoms with Crippen LogP contribution in [-0.2, 0) is 0 Å². The predicted octanol–water partition coefficient (Wildman–Crippen LogP) is 0.873. The van der Waals surface area contributed by atoms with Crippen molar-refractivity contribution in [2.24, 2.45) is 0 Å². The Kier molecular flexibility index (Phi) is 4.52. The highest BCUT2D eigenvalue weighted by Gasteiger charge is 2.27. The van der Waals surface area contributed by atoms with Crippen molar-refractivity contribution < 1.29 is 20.4 Å². The highest BCUT2D eigenvalue weighted by molar-refractivity contribution is 4.71. The summed E-state index contributed by atoms with van der Waals surface area (Å²) in [5.41, 5.74) is 0. The quantitative estimate of drug-likeness (QED) is 0.455. The van der Waals surface area contributed by atoms with Crippen LogP contribution in [0.2, 0.25) is 0 Å². The molecule has 0 bridgehead atoms. The molecule has 4 N–H and O–H groups in total. The maximum absolute atomic E-state index is 8.93. The standard InChI is InChI=1S/C6H12O2.C5H10O2/c7-6(8)4-2-1-3-5-6;6-5(7)3-1-2-4-5/h7-8H,1-5H2;6-7H,1-4H2. The number of rotatable bonds is 0. The first-order valence-electron chi connectivity index (χ1n) is 5.81. The van der Waals surface area contributed by atoms with Crippen molar-refractivity contribution in [3.8, 4) is 0 Å². The second-order valence-electron chi connectivity index (χ2n) is 4.73. The third-order valence-corrected chi connectivity index (χ3v) is 3.06. The molecule has 0 atom stereocenters. The van der Waals surface area contributed by atoms with E-state index in [1.807, 2.05) is 0 Å². The largest absolute Gasteiger partial charge is 0.366 e. The first-order chi connectivity index (χ1) is 6.91. The molecule has 90 valence electrons. The molecule has 2 saturated carbocycles. The van der Waals surface area contributed by atoms with Crippen LogP contribution in [0, 0.1) is 0 Å². The van der Waals surface area contributed by atoms with Crippen LogP contribution < -0.4 is 0 Å². The highest BCUT2D eigenvalue weighted by atomic mass is 16.5. The van der Waals surface area contributed by atoms with Crippen molar-refractivity contribution in [3.63, 3.8) is 0 Å². The zero-order valence-electron chi connectivity index (χ0n) is 9.15. The fraction of sp³-hybridized carbons (Fsp3) is 1.00. The number of aliphatic hydroxyl groups is 4. The minimum Gasteiger partial charge on any atom is -0.366 e. The van der Waals surface area contributed by atoms with E-state index in [2.05, 4.69) is 0 Å². The van der Waals surface area contributed by atoms with Gasteiger partial charge in [-0.3, -0.25) is 0 Å². The lowest BCUT2D eigenvalue weighted by molar-refractivity contribution is -0.180. The van der Waals surface area contributed by atoms with Gasteiger partial charge < -0.3 is 20.4 Å². The fourth-order valence-corrected chi connectivity index (χ4v) is 2.06. The summed E-state index contributed by atoms with van der Waals surface area (Å²) in [5, 5.41) is 35.4. The van der Waals surface area contributed by atoms with Crippen molar-refractivity contribution in [1.29, 1.82) is 0 Å². The van der Waals surface area contributed by atoms with Crippen molar-refractivity contribution >= 4 is 0 Å². The van der Waals surface area contributed by atoms with Gasteiger partial charge in [0.1, 0.15) is 0 Å². The second-order valence-corrected chi connectivity index (χ2v) is 4.73. The van der Waals surface area contributed by atoms with E-state index in [0.29, 0.717) is 25.7 Å². The van der Waals surface area contributed by atoms with Crippen LogP contribution in [0.5, 0.6) is 0 Å². The summed E-state index contributed by atoms with van der Waals surface area (Å²) >= 11 is 0. The van der Waals surface area contributed by atoms with E-state index in [-0.39, 0.29) is 0 Å². The van der Waals surface area contributed by atoms with E-state index >= 15 is 0 Å². The van der Waals surface area contributed by atoms with E-state index in [0.717, 1.165) is 32.1 Å². The molecule has 0 amide bonds. The summed E-state index contributed by atoms with van der Waals surface area (Å²) in [4.78, 5) is 0. The Labute approximate surface area is 90.6 Å². The van der Waals surface area contributed by atoms with Crippen LogP contribution in [0.1, 0.15) is 57.8 Å². The fourth-order valence-electron chi connectivity index (χ4n) is 2.06. The van der Waals surface area contributed by atoms with Crippen LogP contribution in [0.4, 0.5) is 0 Å². The van der Waals surface area contributed by atoms with E-state index in [9.17, 15) is 0 Å². The summed E-state index contributed by atoms with van der Waals surface area (Å²) in [7, 11) is 0. The van der Waals surface area contributed by atoms with Gasteiger partial charge in [-0.25, -0.2) is 0 Å². The zero-order valence-corrected chi connectivity index (χ0v) is 9.15. The molecule has 0 saturated heterocycles. The molecule has 4 heteroatoms. The molecule has 0 unspecified atom stereocenters. The average molecular weight is 218 g/mol. The van der Waals surface area contributed by atoms with Gasteiger partial charge in [-0.2, -0.15) is 0 Å². The van der Waals surface area contributed by atoms with E-state index in [1.54, 1.807) is 0 Å². The Balaban J connectivity index is 0.000000151. The molecule has 2 aliphatic rings. The molecular weight excluding hydrogens is 196 g/mol. The van der Waals surface area contributed by atoms with Crippen LogP contribution in [0.15, 0.2) is 0 Å². The van der Waals surface area contributed by atoms with Crippen LogP contribution in [0.25, 0.3) is 0 Å². The monoisotopic (exact) mass is 218 g/mol. The van der Waals surface area contributed by atoms with Gasteiger partial charge in [-0.05, 0) is 25.7 Å². The lowest BCUT2D eigenvalue weighted by Gasteiger charge is -2.25. The first kappa shape index (κ1) is 12.9. The van der Waals surface area contributed by atoms with Crippen LogP contribution in [0.3, 0.4) is 0 Å². The smallest absolute Gasteiger partial charge is 0.162 e. The van der Waals surface area contributed by atoms with Gasteiger partial charge in [-0.15, -0.1) is 0 Å². The molecule has 0 radical (unpaired) electrons. The Bertz CT molecular complexity index is 173. The molecular formula is C11H22O4. The highest BCUT2D eigenvalue weighted by Crippen LogP contribution is 2.26. The van der Waals surface area contributed by atoms with Gasteiger partial charge in [0.05, 0.1) is 0 Å². The zero-order chi connectivity index (χ0) is 11.4. The van der Waals surface area contributed by atoms with E-state index < -0.39 is 11.6 Å². The SMILES string of the molecule is OC1(O)CCCC1.OC1(O)CCCCC1. The number of hydrogen-bond acceptors (Lipinski definition) is 4. The Morgan fingerprint density at radius 2 is 0.733 bits per heavy atom. The summed E-state index contributed by atoms with van der Waals surface area (Å²) in [6, 6.07) is 0. The van der Waals surface area contributed by atoms with Crippen molar-refractivity contribution in [2.45, 2.75) is 69.4 Å². The second kappa shape index (κ2) is 5.25. The topological polar surface area (TPSA) is 80.9 Å². The molecule has 0 heterocycles. The molecule has 0 spiro atoms. The van der Waals surface area contributed by atoms with E-state index in [1.165, 1.54) is 0 Å². The summed E-state index contributed by atoms with van der Waals surface area (Å²) in [6.07, 6.45) is 7.27. The minimum atomic E-state index is -1.32. The summed E-state index contributed by atoms with van der Waals surface area (Å²) in [5.74, 6) is -2.63. The maximum atomic E-state index is 8.93. The maximum Gasteiger partial charge on any atom is 0.162 e. The normalized spacial score (nSPS) is 28.0. The Hall–Kier alpha value is -0.160. The van der Waals surface area contributed by atoms with Gasteiger partial charge in [-0.1, -0.05) is 6.42 Å². The average Bonchev–Trinajstić information content (AvgIpc) is 2.51. The van der Waals surface area contributed by atoms with Gasteiger partial charge in [0, 0.05) is 25.7 Å². The Morgan fingerprint density at radius 1 is 0.467 bits per heavy atom. The lowest BCUT2D eigenvalue weighted by atomic mass is 9.95. The summed E-state index contributed by atoms with van der Waals surface area (Å²) in [6.45, 7) is 0. The molecule has 0 aromatic rings. The molecule has 2 aliphatic carbocycles. The molecule has 0 aromatic carbocycles. The summed E-state index contributed by atoms with van der Waals surface area (Å²) < 4.78 is 0. The van der Waals surface area contributed by atoms with Gasteiger partial charge in [0.2, 0.25) is 0 Å². The predicted molar refractivity (Wildman–Crippen MR) is 55.9 cm³/mol. The van der Waals surface area contributed by atoms with Crippen LogP contribution >= 0.6 is 0 Å². The van der Waals surface area contributed by atoms with Crippen LogP contribution in [-0.4, -0.2) is 32.0 Å².